The summed E-state index contributed by atoms with van der Waals surface area (Å²) >= 11 is 0. The normalized spacial score (nSPS) is 11.2. The first kappa shape index (κ1) is 14.4. The maximum atomic E-state index is 12.4. The summed E-state index contributed by atoms with van der Waals surface area (Å²) in [6.07, 6.45) is 0. The van der Waals surface area contributed by atoms with Crippen molar-refractivity contribution in [2.75, 3.05) is 6.61 Å². The molecule has 5 heteroatoms. The fourth-order valence-electron chi connectivity index (χ4n) is 1.84. The molecule has 0 saturated carbocycles. The van der Waals surface area contributed by atoms with Gasteiger partial charge >= 0.3 is 0 Å². The molecule has 0 amide bonds. The van der Waals surface area contributed by atoms with E-state index in [1.807, 2.05) is 0 Å². The summed E-state index contributed by atoms with van der Waals surface area (Å²) in [7, 11) is -3.91. The lowest BCUT2D eigenvalue weighted by Gasteiger charge is -2.09. The SMILES string of the molecule is CCOS(=O)(=O)c1ccccc1C(=O)c1ccccc1. The predicted octanol–water partition coefficient (Wildman–Crippen LogP) is 2.64. The van der Waals surface area contributed by atoms with Gasteiger partial charge in [-0.25, -0.2) is 0 Å². The van der Waals surface area contributed by atoms with E-state index in [4.69, 9.17) is 4.18 Å². The lowest BCUT2D eigenvalue weighted by molar-refractivity contribution is 0.103. The van der Waals surface area contributed by atoms with Crippen molar-refractivity contribution < 1.29 is 17.4 Å². The predicted molar refractivity (Wildman–Crippen MR) is 75.1 cm³/mol. The zero-order valence-corrected chi connectivity index (χ0v) is 11.8. The monoisotopic (exact) mass is 290 g/mol. The minimum absolute atomic E-state index is 0.0240. The molecule has 0 heterocycles. The van der Waals surface area contributed by atoms with E-state index in [1.165, 1.54) is 12.1 Å². The van der Waals surface area contributed by atoms with Crippen LogP contribution in [-0.2, 0) is 14.3 Å². The van der Waals surface area contributed by atoms with Crippen molar-refractivity contribution in [3.8, 4) is 0 Å². The van der Waals surface area contributed by atoms with Gasteiger partial charge in [0.25, 0.3) is 10.1 Å². The average Bonchev–Trinajstić information content (AvgIpc) is 2.47. The van der Waals surface area contributed by atoms with Gasteiger partial charge in [0, 0.05) is 11.1 Å². The molecular weight excluding hydrogens is 276 g/mol. The Hall–Kier alpha value is -1.98. The molecule has 0 bridgehead atoms. The summed E-state index contributed by atoms with van der Waals surface area (Å²) in [5.74, 6) is -0.343. The summed E-state index contributed by atoms with van der Waals surface area (Å²) in [6.45, 7) is 1.61. The minimum Gasteiger partial charge on any atom is -0.289 e. The number of carbonyl (C=O) groups is 1. The summed E-state index contributed by atoms with van der Waals surface area (Å²) < 4.78 is 28.8. The Morgan fingerprint density at radius 2 is 1.60 bits per heavy atom. The van der Waals surface area contributed by atoms with Crippen LogP contribution in [0.1, 0.15) is 22.8 Å². The molecule has 2 aromatic rings. The fourth-order valence-corrected chi connectivity index (χ4v) is 2.95. The average molecular weight is 290 g/mol. The van der Waals surface area contributed by atoms with Crippen LogP contribution in [0.2, 0.25) is 0 Å². The van der Waals surface area contributed by atoms with Crippen molar-refractivity contribution in [1.82, 2.24) is 0 Å². The number of ketones is 1. The van der Waals surface area contributed by atoms with Crippen LogP contribution in [0.15, 0.2) is 59.5 Å². The molecule has 4 nitrogen and oxygen atoms in total. The molecule has 20 heavy (non-hydrogen) atoms. The molecule has 0 saturated heterocycles. The summed E-state index contributed by atoms with van der Waals surface area (Å²) in [6, 6.07) is 14.6. The van der Waals surface area contributed by atoms with Gasteiger partial charge in [-0.1, -0.05) is 42.5 Å². The van der Waals surface area contributed by atoms with Crippen molar-refractivity contribution in [2.24, 2.45) is 0 Å². The Balaban J connectivity index is 2.52. The van der Waals surface area contributed by atoms with Gasteiger partial charge in [0.2, 0.25) is 0 Å². The Labute approximate surface area is 118 Å². The highest BCUT2D eigenvalue weighted by Gasteiger charge is 2.23. The third-order valence-electron chi connectivity index (χ3n) is 2.71. The van der Waals surface area contributed by atoms with Gasteiger partial charge in [-0.05, 0) is 19.1 Å². The van der Waals surface area contributed by atoms with Crippen LogP contribution in [0.25, 0.3) is 0 Å². The lowest BCUT2D eigenvalue weighted by Crippen LogP contribution is -2.12. The number of benzene rings is 2. The van der Waals surface area contributed by atoms with E-state index in [-0.39, 0.29) is 22.8 Å². The lowest BCUT2D eigenvalue weighted by atomic mass is 10.0. The highest BCUT2D eigenvalue weighted by molar-refractivity contribution is 7.86. The minimum atomic E-state index is -3.91. The van der Waals surface area contributed by atoms with Crippen LogP contribution in [-0.4, -0.2) is 20.8 Å². The maximum Gasteiger partial charge on any atom is 0.297 e. The second-order valence-electron chi connectivity index (χ2n) is 4.05. The molecule has 0 atom stereocenters. The Morgan fingerprint density at radius 3 is 2.25 bits per heavy atom. The van der Waals surface area contributed by atoms with Gasteiger partial charge in [0.05, 0.1) is 6.61 Å². The van der Waals surface area contributed by atoms with E-state index in [0.717, 1.165) is 0 Å². The van der Waals surface area contributed by atoms with E-state index in [2.05, 4.69) is 0 Å². The smallest absolute Gasteiger partial charge is 0.289 e. The molecule has 0 fully saturated rings. The summed E-state index contributed by atoms with van der Waals surface area (Å²) in [5.41, 5.74) is 0.554. The number of hydrogen-bond acceptors (Lipinski definition) is 4. The summed E-state index contributed by atoms with van der Waals surface area (Å²) in [4.78, 5) is 12.3. The Kier molecular flexibility index (Phi) is 4.32. The highest BCUT2D eigenvalue weighted by atomic mass is 32.2. The molecule has 2 aromatic carbocycles. The molecule has 0 N–H and O–H groups in total. The number of carbonyl (C=O) groups excluding carboxylic acids is 1. The first-order valence-corrected chi connectivity index (χ1v) is 7.55. The van der Waals surface area contributed by atoms with Crippen LogP contribution in [0.5, 0.6) is 0 Å². The molecule has 0 aliphatic heterocycles. The van der Waals surface area contributed by atoms with E-state index >= 15 is 0 Å². The Bertz CT molecular complexity index is 706. The van der Waals surface area contributed by atoms with Crippen LogP contribution >= 0.6 is 0 Å². The summed E-state index contributed by atoms with van der Waals surface area (Å²) in [5, 5.41) is 0. The van der Waals surface area contributed by atoms with E-state index < -0.39 is 10.1 Å². The van der Waals surface area contributed by atoms with Crippen molar-refractivity contribution in [3.05, 3.63) is 65.7 Å². The molecule has 0 aliphatic rings. The zero-order valence-electron chi connectivity index (χ0n) is 10.9. The standard InChI is InChI=1S/C15H14O4S/c1-2-19-20(17,18)14-11-7-6-10-13(14)15(16)12-8-4-3-5-9-12/h3-11H,2H2,1H3. The molecular formula is C15H14O4S. The van der Waals surface area contributed by atoms with Gasteiger partial charge in [0.1, 0.15) is 4.90 Å². The molecule has 0 radical (unpaired) electrons. The van der Waals surface area contributed by atoms with Crippen molar-refractivity contribution in [1.29, 1.82) is 0 Å². The third kappa shape index (κ3) is 2.95. The van der Waals surface area contributed by atoms with Gasteiger partial charge < -0.3 is 0 Å². The fraction of sp³-hybridized carbons (Fsp3) is 0.133. The van der Waals surface area contributed by atoms with Crippen LogP contribution in [0.3, 0.4) is 0 Å². The Morgan fingerprint density at radius 1 is 1.00 bits per heavy atom. The van der Waals surface area contributed by atoms with Crippen LogP contribution < -0.4 is 0 Å². The molecule has 0 spiro atoms. The van der Waals surface area contributed by atoms with E-state index in [9.17, 15) is 13.2 Å². The second-order valence-corrected chi connectivity index (χ2v) is 5.64. The van der Waals surface area contributed by atoms with E-state index in [1.54, 1.807) is 49.4 Å². The first-order chi connectivity index (χ1) is 9.56. The maximum absolute atomic E-state index is 12.4. The molecule has 0 aliphatic carbocycles. The number of hydrogen-bond donors (Lipinski definition) is 0. The van der Waals surface area contributed by atoms with Crippen LogP contribution in [0.4, 0.5) is 0 Å². The zero-order chi connectivity index (χ0) is 14.6. The van der Waals surface area contributed by atoms with Crippen molar-refractivity contribution in [2.45, 2.75) is 11.8 Å². The first-order valence-electron chi connectivity index (χ1n) is 6.14. The third-order valence-corrected chi connectivity index (χ3v) is 4.15. The van der Waals surface area contributed by atoms with Crippen molar-refractivity contribution >= 4 is 15.9 Å². The quantitative estimate of drug-likeness (QED) is 0.627. The van der Waals surface area contributed by atoms with Gasteiger partial charge in [-0.2, -0.15) is 8.42 Å². The van der Waals surface area contributed by atoms with E-state index in [0.29, 0.717) is 5.56 Å². The van der Waals surface area contributed by atoms with Crippen molar-refractivity contribution in [3.63, 3.8) is 0 Å². The van der Waals surface area contributed by atoms with Gasteiger partial charge in [0.15, 0.2) is 5.78 Å². The second kappa shape index (κ2) is 5.98. The highest BCUT2D eigenvalue weighted by Crippen LogP contribution is 2.21. The topological polar surface area (TPSA) is 60.4 Å². The molecule has 0 aromatic heterocycles. The molecule has 2 rings (SSSR count). The molecule has 0 unspecified atom stereocenters. The van der Waals surface area contributed by atoms with Crippen LogP contribution in [0, 0.1) is 0 Å². The molecule has 104 valence electrons. The van der Waals surface area contributed by atoms with Gasteiger partial charge in [-0.3, -0.25) is 8.98 Å². The van der Waals surface area contributed by atoms with Gasteiger partial charge in [-0.15, -0.1) is 0 Å². The number of rotatable bonds is 5. The largest absolute Gasteiger partial charge is 0.297 e.